The van der Waals surface area contributed by atoms with Crippen molar-refractivity contribution in [1.82, 2.24) is 9.55 Å². The van der Waals surface area contributed by atoms with Gasteiger partial charge in [0, 0.05) is 16.5 Å². The SMILES string of the molecule is Cc1ncc(C(=O)O)n1Cc1cc(Br)cc2c1OCC2. The average molecular weight is 337 g/mol. The first-order chi connectivity index (χ1) is 9.56. The van der Waals surface area contributed by atoms with Crippen LogP contribution in [-0.2, 0) is 13.0 Å². The van der Waals surface area contributed by atoms with Crippen LogP contribution in [0.4, 0.5) is 0 Å². The van der Waals surface area contributed by atoms with Crippen LogP contribution < -0.4 is 4.74 Å². The summed E-state index contributed by atoms with van der Waals surface area (Å²) in [6, 6.07) is 4.01. The second-order valence-corrected chi connectivity index (χ2v) is 5.65. The molecule has 0 atom stereocenters. The molecule has 0 amide bonds. The number of carbonyl (C=O) groups is 1. The number of aromatic nitrogens is 2. The number of aryl methyl sites for hydroxylation is 1. The van der Waals surface area contributed by atoms with E-state index in [1.807, 2.05) is 12.1 Å². The molecule has 0 fully saturated rings. The van der Waals surface area contributed by atoms with Gasteiger partial charge in [-0.2, -0.15) is 0 Å². The Morgan fingerprint density at radius 2 is 2.35 bits per heavy atom. The second kappa shape index (κ2) is 4.94. The minimum absolute atomic E-state index is 0.189. The molecule has 2 heterocycles. The third-order valence-corrected chi connectivity index (χ3v) is 3.89. The van der Waals surface area contributed by atoms with Gasteiger partial charge in [0.1, 0.15) is 17.3 Å². The molecule has 20 heavy (non-hydrogen) atoms. The van der Waals surface area contributed by atoms with Crippen LogP contribution in [-0.4, -0.2) is 27.2 Å². The van der Waals surface area contributed by atoms with Crippen molar-refractivity contribution >= 4 is 21.9 Å². The highest BCUT2D eigenvalue weighted by atomic mass is 79.9. The van der Waals surface area contributed by atoms with Gasteiger partial charge in [0.25, 0.3) is 0 Å². The Kier molecular flexibility index (Phi) is 3.25. The zero-order valence-electron chi connectivity index (χ0n) is 10.9. The number of halogens is 1. The van der Waals surface area contributed by atoms with Gasteiger partial charge in [0.2, 0.25) is 0 Å². The summed E-state index contributed by atoms with van der Waals surface area (Å²) in [6.45, 7) is 2.91. The first-order valence-electron chi connectivity index (χ1n) is 6.26. The maximum atomic E-state index is 11.2. The Hall–Kier alpha value is -1.82. The first kappa shape index (κ1) is 13.2. The molecule has 0 unspecified atom stereocenters. The minimum Gasteiger partial charge on any atom is -0.493 e. The average Bonchev–Trinajstić information content (AvgIpc) is 2.97. The first-order valence-corrected chi connectivity index (χ1v) is 7.05. The lowest BCUT2D eigenvalue weighted by Crippen LogP contribution is -2.11. The van der Waals surface area contributed by atoms with Crippen molar-refractivity contribution in [3.05, 3.63) is 45.4 Å². The van der Waals surface area contributed by atoms with Crippen LogP contribution in [0, 0.1) is 6.92 Å². The lowest BCUT2D eigenvalue weighted by molar-refractivity contribution is 0.0685. The lowest BCUT2D eigenvalue weighted by Gasteiger charge is -2.12. The Labute approximate surface area is 124 Å². The van der Waals surface area contributed by atoms with Crippen LogP contribution >= 0.6 is 15.9 Å². The van der Waals surface area contributed by atoms with Gasteiger partial charge in [-0.25, -0.2) is 9.78 Å². The number of imidazole rings is 1. The number of rotatable bonds is 3. The number of nitrogens with zero attached hydrogens (tertiary/aromatic N) is 2. The molecule has 5 nitrogen and oxygen atoms in total. The number of aromatic carboxylic acids is 1. The van der Waals surface area contributed by atoms with Gasteiger partial charge in [0.05, 0.1) is 19.3 Å². The predicted molar refractivity (Wildman–Crippen MR) is 76.4 cm³/mol. The Morgan fingerprint density at radius 1 is 1.55 bits per heavy atom. The van der Waals surface area contributed by atoms with Crippen LogP contribution in [0.25, 0.3) is 0 Å². The molecule has 104 valence electrons. The highest BCUT2D eigenvalue weighted by Crippen LogP contribution is 2.33. The van der Waals surface area contributed by atoms with E-state index in [2.05, 4.69) is 20.9 Å². The molecule has 0 saturated carbocycles. The molecule has 1 aliphatic heterocycles. The quantitative estimate of drug-likeness (QED) is 0.935. The van der Waals surface area contributed by atoms with Crippen molar-refractivity contribution in [3.8, 4) is 5.75 Å². The molecule has 1 aromatic carbocycles. The van der Waals surface area contributed by atoms with Crippen LogP contribution in [0.3, 0.4) is 0 Å². The third-order valence-electron chi connectivity index (χ3n) is 3.43. The van der Waals surface area contributed by atoms with E-state index in [0.29, 0.717) is 19.0 Å². The van der Waals surface area contributed by atoms with Crippen molar-refractivity contribution in [1.29, 1.82) is 0 Å². The van der Waals surface area contributed by atoms with Crippen LogP contribution in [0.2, 0.25) is 0 Å². The van der Waals surface area contributed by atoms with Gasteiger partial charge in [-0.1, -0.05) is 15.9 Å². The van der Waals surface area contributed by atoms with E-state index in [0.717, 1.165) is 27.8 Å². The summed E-state index contributed by atoms with van der Waals surface area (Å²) >= 11 is 3.49. The number of benzene rings is 1. The van der Waals surface area contributed by atoms with Crippen LogP contribution in [0.15, 0.2) is 22.8 Å². The van der Waals surface area contributed by atoms with Gasteiger partial charge >= 0.3 is 5.97 Å². The van der Waals surface area contributed by atoms with Crippen molar-refractivity contribution in [2.75, 3.05) is 6.61 Å². The standard InChI is InChI=1S/C14H13BrN2O3/c1-8-16-6-12(14(18)19)17(8)7-10-5-11(15)4-9-2-3-20-13(9)10/h4-6H,2-3,7H2,1H3,(H,18,19). The number of hydrogen-bond donors (Lipinski definition) is 1. The summed E-state index contributed by atoms with van der Waals surface area (Å²) in [5.74, 6) is 0.574. The Morgan fingerprint density at radius 3 is 3.10 bits per heavy atom. The van der Waals surface area contributed by atoms with Crippen molar-refractivity contribution in [2.45, 2.75) is 19.9 Å². The van der Waals surface area contributed by atoms with E-state index in [1.165, 1.54) is 6.20 Å². The van der Waals surface area contributed by atoms with Crippen LogP contribution in [0.1, 0.15) is 27.4 Å². The number of fused-ring (bicyclic) bond motifs is 1. The maximum absolute atomic E-state index is 11.2. The fraction of sp³-hybridized carbons (Fsp3) is 0.286. The second-order valence-electron chi connectivity index (χ2n) is 4.73. The van der Waals surface area contributed by atoms with E-state index in [4.69, 9.17) is 4.74 Å². The molecule has 0 radical (unpaired) electrons. The van der Waals surface area contributed by atoms with Gasteiger partial charge in [0.15, 0.2) is 0 Å². The molecular formula is C14H13BrN2O3. The van der Waals surface area contributed by atoms with Crippen LogP contribution in [0.5, 0.6) is 5.75 Å². The monoisotopic (exact) mass is 336 g/mol. The molecule has 0 bridgehead atoms. The number of ether oxygens (including phenoxy) is 1. The van der Waals surface area contributed by atoms with Gasteiger partial charge in [-0.15, -0.1) is 0 Å². The molecule has 0 saturated heterocycles. The Balaban J connectivity index is 2.04. The maximum Gasteiger partial charge on any atom is 0.354 e. The smallest absolute Gasteiger partial charge is 0.354 e. The lowest BCUT2D eigenvalue weighted by atomic mass is 10.1. The zero-order chi connectivity index (χ0) is 14.3. The number of carboxylic acid groups (broad SMARTS) is 1. The summed E-state index contributed by atoms with van der Waals surface area (Å²) in [5, 5.41) is 9.20. The highest BCUT2D eigenvalue weighted by Gasteiger charge is 2.20. The number of hydrogen-bond acceptors (Lipinski definition) is 3. The van der Waals surface area contributed by atoms with Gasteiger partial charge in [-0.3, -0.25) is 0 Å². The predicted octanol–water partition coefficient (Wildman–Crippen LogP) is 2.64. The van der Waals surface area contributed by atoms with Crippen molar-refractivity contribution in [3.63, 3.8) is 0 Å². The highest BCUT2D eigenvalue weighted by molar-refractivity contribution is 9.10. The van der Waals surface area contributed by atoms with E-state index >= 15 is 0 Å². The molecule has 1 aliphatic rings. The van der Waals surface area contributed by atoms with E-state index < -0.39 is 5.97 Å². The van der Waals surface area contributed by atoms with Gasteiger partial charge < -0.3 is 14.4 Å². The summed E-state index contributed by atoms with van der Waals surface area (Å²) in [5.41, 5.74) is 2.31. The summed E-state index contributed by atoms with van der Waals surface area (Å²) in [6.07, 6.45) is 2.27. The molecule has 1 N–H and O–H groups in total. The van der Waals surface area contributed by atoms with E-state index in [9.17, 15) is 9.90 Å². The summed E-state index contributed by atoms with van der Waals surface area (Å²) < 4.78 is 8.34. The largest absolute Gasteiger partial charge is 0.493 e. The van der Waals surface area contributed by atoms with Gasteiger partial charge in [-0.05, 0) is 24.6 Å². The molecule has 2 aromatic rings. The normalized spacial score (nSPS) is 13.1. The van der Waals surface area contributed by atoms with E-state index in [-0.39, 0.29) is 5.69 Å². The fourth-order valence-corrected chi connectivity index (χ4v) is 3.02. The summed E-state index contributed by atoms with van der Waals surface area (Å²) in [7, 11) is 0. The summed E-state index contributed by atoms with van der Waals surface area (Å²) in [4.78, 5) is 15.3. The molecule has 3 rings (SSSR count). The van der Waals surface area contributed by atoms with Crippen molar-refractivity contribution in [2.24, 2.45) is 0 Å². The fourth-order valence-electron chi connectivity index (χ4n) is 2.47. The molecule has 0 spiro atoms. The van der Waals surface area contributed by atoms with E-state index in [1.54, 1.807) is 11.5 Å². The number of carboxylic acids is 1. The molecule has 6 heteroatoms. The zero-order valence-corrected chi connectivity index (χ0v) is 12.5. The molecular weight excluding hydrogens is 324 g/mol. The molecule has 1 aromatic heterocycles. The topological polar surface area (TPSA) is 64.3 Å². The molecule has 0 aliphatic carbocycles. The van der Waals surface area contributed by atoms with Crippen molar-refractivity contribution < 1.29 is 14.6 Å². The minimum atomic E-state index is -0.974. The Bertz CT molecular complexity index is 694. The third kappa shape index (κ3) is 2.20.